The summed E-state index contributed by atoms with van der Waals surface area (Å²) in [5.41, 5.74) is 0. The quantitative estimate of drug-likeness (QED) is 0.251. The van der Waals surface area contributed by atoms with E-state index in [1.54, 1.807) is 0 Å². The summed E-state index contributed by atoms with van der Waals surface area (Å²) in [5, 5.41) is 0. The Hall–Kier alpha value is 0. The van der Waals surface area contributed by atoms with E-state index in [-0.39, 0.29) is 0 Å². The van der Waals surface area contributed by atoms with Crippen LogP contribution in [0.15, 0.2) is 0 Å². The standard InChI is InChI=1S/C22H46/c1-6-9-10-18-22(8-3)19-14-13-17-21(5)16-12-11-15-20(4)7-2/h20-22H,6-19H2,1-5H3. The van der Waals surface area contributed by atoms with Crippen LogP contribution in [0, 0.1) is 17.8 Å². The molecule has 0 saturated heterocycles. The zero-order valence-corrected chi connectivity index (χ0v) is 16.6. The van der Waals surface area contributed by atoms with Crippen molar-refractivity contribution in [3.8, 4) is 0 Å². The molecule has 0 aliphatic heterocycles. The second-order valence-corrected chi connectivity index (χ2v) is 7.96. The van der Waals surface area contributed by atoms with Crippen LogP contribution in [-0.2, 0) is 0 Å². The molecule has 0 nitrogen and oxygen atoms in total. The summed E-state index contributed by atoms with van der Waals surface area (Å²) in [6, 6.07) is 0. The first-order valence-electron chi connectivity index (χ1n) is 10.6. The molecule has 0 rings (SSSR count). The second-order valence-electron chi connectivity index (χ2n) is 7.96. The Kier molecular flexibility index (Phi) is 15.9. The Morgan fingerprint density at radius 2 is 0.955 bits per heavy atom. The number of hydrogen-bond donors (Lipinski definition) is 0. The lowest BCUT2D eigenvalue weighted by Crippen LogP contribution is -2.01. The number of hydrogen-bond acceptors (Lipinski definition) is 0. The molecule has 134 valence electrons. The lowest BCUT2D eigenvalue weighted by atomic mass is 9.90. The van der Waals surface area contributed by atoms with E-state index in [9.17, 15) is 0 Å². The monoisotopic (exact) mass is 310 g/mol. The Morgan fingerprint density at radius 1 is 0.500 bits per heavy atom. The van der Waals surface area contributed by atoms with Crippen LogP contribution in [0.5, 0.6) is 0 Å². The molecule has 0 heterocycles. The van der Waals surface area contributed by atoms with Gasteiger partial charge in [-0.05, 0) is 17.8 Å². The summed E-state index contributed by atoms with van der Waals surface area (Å²) in [6.45, 7) is 11.9. The molecule has 0 N–H and O–H groups in total. The predicted molar refractivity (Wildman–Crippen MR) is 103 cm³/mol. The van der Waals surface area contributed by atoms with Gasteiger partial charge < -0.3 is 0 Å². The average molecular weight is 311 g/mol. The molecule has 0 fully saturated rings. The average Bonchev–Trinajstić information content (AvgIpc) is 2.53. The normalized spacial score (nSPS) is 15.7. The van der Waals surface area contributed by atoms with Crippen LogP contribution in [0.2, 0.25) is 0 Å². The molecule has 0 amide bonds. The minimum atomic E-state index is 0.939. The van der Waals surface area contributed by atoms with Crippen LogP contribution >= 0.6 is 0 Å². The van der Waals surface area contributed by atoms with E-state index in [0.29, 0.717) is 0 Å². The summed E-state index contributed by atoms with van der Waals surface area (Å²) >= 11 is 0. The topological polar surface area (TPSA) is 0 Å². The van der Waals surface area contributed by atoms with Crippen LogP contribution in [0.25, 0.3) is 0 Å². The highest BCUT2D eigenvalue weighted by Gasteiger charge is 2.07. The molecule has 0 aliphatic rings. The SMILES string of the molecule is CCCCCC(CC)CCCCC(C)CCCCC(C)CC. The van der Waals surface area contributed by atoms with Crippen LogP contribution < -0.4 is 0 Å². The molecule has 3 atom stereocenters. The summed E-state index contributed by atoms with van der Waals surface area (Å²) < 4.78 is 0. The van der Waals surface area contributed by atoms with Gasteiger partial charge in [0.05, 0.1) is 0 Å². The van der Waals surface area contributed by atoms with Gasteiger partial charge >= 0.3 is 0 Å². The van der Waals surface area contributed by atoms with Crippen LogP contribution in [0.4, 0.5) is 0 Å². The third-order valence-electron chi connectivity index (χ3n) is 5.69. The van der Waals surface area contributed by atoms with Gasteiger partial charge in [0.1, 0.15) is 0 Å². The van der Waals surface area contributed by atoms with E-state index >= 15 is 0 Å². The van der Waals surface area contributed by atoms with Gasteiger partial charge in [-0.3, -0.25) is 0 Å². The molecule has 0 aliphatic carbocycles. The molecule has 0 bridgehead atoms. The van der Waals surface area contributed by atoms with Crippen LogP contribution in [0.3, 0.4) is 0 Å². The first-order chi connectivity index (χ1) is 10.6. The third kappa shape index (κ3) is 13.6. The van der Waals surface area contributed by atoms with E-state index in [2.05, 4.69) is 34.6 Å². The lowest BCUT2D eigenvalue weighted by molar-refractivity contribution is 0.375. The maximum atomic E-state index is 2.47. The summed E-state index contributed by atoms with van der Waals surface area (Å²) in [5.74, 6) is 2.91. The van der Waals surface area contributed by atoms with Crippen molar-refractivity contribution in [3.05, 3.63) is 0 Å². The van der Waals surface area contributed by atoms with Crippen molar-refractivity contribution < 1.29 is 0 Å². The fourth-order valence-electron chi connectivity index (χ4n) is 3.50. The highest BCUT2D eigenvalue weighted by molar-refractivity contribution is 4.61. The van der Waals surface area contributed by atoms with Crippen molar-refractivity contribution in [1.29, 1.82) is 0 Å². The number of rotatable bonds is 16. The van der Waals surface area contributed by atoms with Crippen molar-refractivity contribution in [3.63, 3.8) is 0 Å². The highest BCUT2D eigenvalue weighted by Crippen LogP contribution is 2.23. The smallest absolute Gasteiger partial charge is 0.0417 e. The first-order valence-corrected chi connectivity index (χ1v) is 10.6. The maximum Gasteiger partial charge on any atom is -0.0417 e. The second kappa shape index (κ2) is 15.9. The van der Waals surface area contributed by atoms with Gasteiger partial charge in [0.15, 0.2) is 0 Å². The Balaban J connectivity index is 3.48. The molecular formula is C22H46. The molecule has 22 heavy (non-hydrogen) atoms. The molecule has 0 aromatic heterocycles. The van der Waals surface area contributed by atoms with E-state index in [1.807, 2.05) is 0 Å². The van der Waals surface area contributed by atoms with Crippen molar-refractivity contribution in [2.45, 2.75) is 125 Å². The van der Waals surface area contributed by atoms with Crippen LogP contribution in [0.1, 0.15) is 125 Å². The van der Waals surface area contributed by atoms with Crippen molar-refractivity contribution in [2.24, 2.45) is 17.8 Å². The van der Waals surface area contributed by atoms with Gasteiger partial charge in [0, 0.05) is 0 Å². The maximum absolute atomic E-state index is 2.47. The molecule has 0 saturated carbocycles. The minimum absolute atomic E-state index is 0.939. The molecule has 0 spiro atoms. The van der Waals surface area contributed by atoms with E-state index in [4.69, 9.17) is 0 Å². The molecule has 0 aromatic rings. The molecule has 0 heteroatoms. The van der Waals surface area contributed by atoms with Gasteiger partial charge in [0.25, 0.3) is 0 Å². The number of unbranched alkanes of at least 4 members (excludes halogenated alkanes) is 4. The molecule has 3 unspecified atom stereocenters. The predicted octanol–water partition coefficient (Wildman–Crippen LogP) is 8.40. The van der Waals surface area contributed by atoms with Crippen molar-refractivity contribution in [1.82, 2.24) is 0 Å². The van der Waals surface area contributed by atoms with E-state index in [1.165, 1.54) is 89.9 Å². The zero-order chi connectivity index (χ0) is 16.6. The van der Waals surface area contributed by atoms with E-state index < -0.39 is 0 Å². The summed E-state index contributed by atoms with van der Waals surface area (Å²) in [6.07, 6.45) is 20.2. The van der Waals surface area contributed by atoms with Gasteiger partial charge in [-0.1, -0.05) is 125 Å². The fourth-order valence-corrected chi connectivity index (χ4v) is 3.50. The molecule has 0 aromatic carbocycles. The first kappa shape index (κ1) is 22.0. The van der Waals surface area contributed by atoms with Gasteiger partial charge in [-0.15, -0.1) is 0 Å². The fraction of sp³-hybridized carbons (Fsp3) is 1.00. The van der Waals surface area contributed by atoms with Crippen LogP contribution in [-0.4, -0.2) is 0 Å². The van der Waals surface area contributed by atoms with Gasteiger partial charge in [-0.25, -0.2) is 0 Å². The van der Waals surface area contributed by atoms with Gasteiger partial charge in [-0.2, -0.15) is 0 Å². The Labute approximate surface area is 142 Å². The largest absolute Gasteiger partial charge is 0.0654 e. The molecular weight excluding hydrogens is 264 g/mol. The Morgan fingerprint density at radius 3 is 1.41 bits per heavy atom. The van der Waals surface area contributed by atoms with E-state index in [0.717, 1.165) is 17.8 Å². The van der Waals surface area contributed by atoms with Crippen molar-refractivity contribution in [2.75, 3.05) is 0 Å². The Bertz CT molecular complexity index is 208. The summed E-state index contributed by atoms with van der Waals surface area (Å²) in [7, 11) is 0. The molecule has 0 radical (unpaired) electrons. The van der Waals surface area contributed by atoms with Gasteiger partial charge in [0.2, 0.25) is 0 Å². The third-order valence-corrected chi connectivity index (χ3v) is 5.69. The van der Waals surface area contributed by atoms with Crippen molar-refractivity contribution >= 4 is 0 Å². The lowest BCUT2D eigenvalue weighted by Gasteiger charge is -2.16. The summed E-state index contributed by atoms with van der Waals surface area (Å²) in [4.78, 5) is 0. The minimum Gasteiger partial charge on any atom is -0.0654 e. The zero-order valence-electron chi connectivity index (χ0n) is 16.6. The highest BCUT2D eigenvalue weighted by atomic mass is 14.1.